The van der Waals surface area contributed by atoms with Crippen LogP contribution in [0.25, 0.3) is 0 Å². The number of aromatic nitrogens is 2. The average molecular weight is 380 g/mol. The van der Waals surface area contributed by atoms with Gasteiger partial charge in [-0.25, -0.2) is 0 Å². The Bertz CT molecular complexity index is 866. The third kappa shape index (κ3) is 3.09. The topological polar surface area (TPSA) is 71.3 Å². The first-order valence-corrected chi connectivity index (χ1v) is 10.4. The van der Waals surface area contributed by atoms with E-state index in [-0.39, 0.29) is 23.3 Å². The molecule has 1 saturated heterocycles. The highest BCUT2D eigenvalue weighted by atomic mass is 16.4. The third-order valence-electron chi connectivity index (χ3n) is 7.21. The summed E-state index contributed by atoms with van der Waals surface area (Å²) in [7, 11) is 0. The Balaban J connectivity index is 1.19. The van der Waals surface area contributed by atoms with Crippen LogP contribution in [0, 0.1) is 5.41 Å². The van der Waals surface area contributed by atoms with E-state index in [4.69, 9.17) is 4.42 Å². The van der Waals surface area contributed by atoms with Crippen LogP contribution in [-0.4, -0.2) is 40.1 Å². The first kappa shape index (κ1) is 17.7. The molecule has 148 valence electrons. The van der Waals surface area contributed by atoms with Crippen LogP contribution in [-0.2, 0) is 10.2 Å². The van der Waals surface area contributed by atoms with E-state index < -0.39 is 0 Å². The van der Waals surface area contributed by atoms with Crippen LogP contribution in [0.15, 0.2) is 34.7 Å². The largest absolute Gasteiger partial charge is 0.408 e. The normalized spacial score (nSPS) is 28.8. The van der Waals surface area contributed by atoms with Gasteiger partial charge >= 0.3 is 6.01 Å². The highest BCUT2D eigenvalue weighted by Gasteiger charge is 2.55. The highest BCUT2D eigenvalue weighted by molar-refractivity contribution is 5.83. The zero-order valence-corrected chi connectivity index (χ0v) is 16.6. The molecule has 2 aromatic rings. The molecule has 1 N–H and O–H groups in total. The minimum absolute atomic E-state index is 0.0546. The van der Waals surface area contributed by atoms with Gasteiger partial charge in [-0.1, -0.05) is 42.4 Å². The molecule has 0 radical (unpaired) electrons. The number of hydrogen-bond donors (Lipinski definition) is 1. The van der Waals surface area contributed by atoms with Gasteiger partial charge in [0.2, 0.25) is 11.8 Å². The molecule has 1 unspecified atom stereocenters. The summed E-state index contributed by atoms with van der Waals surface area (Å²) in [6.07, 6.45) is 5.99. The highest BCUT2D eigenvalue weighted by Crippen LogP contribution is 2.59. The van der Waals surface area contributed by atoms with Crippen molar-refractivity contribution in [2.75, 3.05) is 18.4 Å². The second-order valence-electron chi connectivity index (χ2n) is 9.18. The van der Waals surface area contributed by atoms with Crippen molar-refractivity contribution in [2.24, 2.45) is 5.41 Å². The van der Waals surface area contributed by atoms with E-state index >= 15 is 0 Å². The Morgan fingerprint density at radius 2 is 1.89 bits per heavy atom. The number of nitrogens with zero attached hydrogens (tertiary/aromatic N) is 3. The Hall–Kier alpha value is -2.37. The lowest BCUT2D eigenvalue weighted by Crippen LogP contribution is -2.45. The standard InChI is InChI=1S/C22H28N4O2/c1-15(19(27)26-12-10-22(8-9-22)11-13-26)23-20-25-24-18(28-20)17-14-21(17,2)16-6-4-3-5-7-16/h3-7,15,17H,8-14H2,1-2H3,(H,23,25)/t15-,17?,21-/m0/s1. The van der Waals surface area contributed by atoms with E-state index in [2.05, 4.69) is 46.7 Å². The van der Waals surface area contributed by atoms with Crippen molar-refractivity contribution in [3.63, 3.8) is 0 Å². The van der Waals surface area contributed by atoms with Crippen molar-refractivity contribution >= 4 is 11.9 Å². The van der Waals surface area contributed by atoms with Crippen LogP contribution >= 0.6 is 0 Å². The van der Waals surface area contributed by atoms with Gasteiger partial charge in [0.15, 0.2) is 0 Å². The van der Waals surface area contributed by atoms with Crippen LogP contribution in [0.3, 0.4) is 0 Å². The Morgan fingerprint density at radius 1 is 1.18 bits per heavy atom. The summed E-state index contributed by atoms with van der Waals surface area (Å²) in [5, 5.41) is 11.5. The second kappa shape index (κ2) is 6.33. The average Bonchev–Trinajstić information content (AvgIpc) is 3.58. The molecule has 1 amide bonds. The number of benzene rings is 1. The second-order valence-corrected chi connectivity index (χ2v) is 9.18. The zero-order chi connectivity index (χ0) is 19.4. The lowest BCUT2D eigenvalue weighted by Gasteiger charge is -2.33. The molecule has 28 heavy (non-hydrogen) atoms. The fraction of sp³-hybridized carbons (Fsp3) is 0.591. The van der Waals surface area contributed by atoms with Crippen LogP contribution in [0.5, 0.6) is 0 Å². The Kier molecular flexibility index (Phi) is 4.00. The molecular formula is C22H28N4O2. The number of amides is 1. The fourth-order valence-corrected chi connectivity index (χ4v) is 4.70. The third-order valence-corrected chi connectivity index (χ3v) is 7.21. The smallest absolute Gasteiger partial charge is 0.316 e. The van der Waals surface area contributed by atoms with Gasteiger partial charge < -0.3 is 14.6 Å². The summed E-state index contributed by atoms with van der Waals surface area (Å²) < 4.78 is 5.87. The predicted molar refractivity (Wildman–Crippen MR) is 106 cm³/mol. The molecule has 2 aliphatic carbocycles. The molecule has 2 saturated carbocycles. The summed E-state index contributed by atoms with van der Waals surface area (Å²) in [5.74, 6) is 1.01. The minimum Gasteiger partial charge on any atom is -0.408 e. The van der Waals surface area contributed by atoms with Gasteiger partial charge in [-0.05, 0) is 50.0 Å². The van der Waals surface area contributed by atoms with Crippen LogP contribution < -0.4 is 5.32 Å². The lowest BCUT2D eigenvalue weighted by atomic mass is 9.93. The summed E-state index contributed by atoms with van der Waals surface area (Å²) in [5.41, 5.74) is 1.93. The van der Waals surface area contributed by atoms with E-state index in [9.17, 15) is 4.79 Å². The number of anilines is 1. The number of hydrogen-bond acceptors (Lipinski definition) is 5. The zero-order valence-electron chi connectivity index (χ0n) is 16.6. The van der Waals surface area contributed by atoms with Crippen molar-refractivity contribution in [2.45, 2.75) is 63.3 Å². The van der Waals surface area contributed by atoms with Crippen molar-refractivity contribution in [1.82, 2.24) is 15.1 Å². The first-order chi connectivity index (χ1) is 13.5. The molecule has 3 aliphatic rings. The van der Waals surface area contributed by atoms with E-state index in [0.29, 0.717) is 17.3 Å². The number of carbonyl (C=O) groups is 1. The predicted octanol–water partition coefficient (Wildman–Crippen LogP) is 3.72. The molecule has 1 aromatic carbocycles. The van der Waals surface area contributed by atoms with Gasteiger partial charge in [0.25, 0.3) is 0 Å². The van der Waals surface area contributed by atoms with Gasteiger partial charge in [0, 0.05) is 24.4 Å². The number of piperidine rings is 1. The summed E-state index contributed by atoms with van der Waals surface area (Å²) in [6.45, 7) is 5.85. The van der Waals surface area contributed by atoms with Crippen LogP contribution in [0.2, 0.25) is 0 Å². The van der Waals surface area contributed by atoms with Gasteiger partial charge in [0.1, 0.15) is 6.04 Å². The van der Waals surface area contributed by atoms with Gasteiger partial charge in [-0.15, -0.1) is 5.10 Å². The number of rotatable bonds is 5. The Labute approximate surface area is 165 Å². The maximum absolute atomic E-state index is 12.7. The molecule has 1 aliphatic heterocycles. The maximum atomic E-state index is 12.7. The molecule has 2 heterocycles. The molecule has 6 nitrogen and oxygen atoms in total. The molecular weight excluding hydrogens is 352 g/mol. The summed E-state index contributed by atoms with van der Waals surface area (Å²) in [6, 6.07) is 10.5. The number of nitrogens with one attached hydrogen (secondary N) is 1. The summed E-state index contributed by atoms with van der Waals surface area (Å²) >= 11 is 0. The fourth-order valence-electron chi connectivity index (χ4n) is 4.70. The van der Waals surface area contributed by atoms with Gasteiger partial charge in [0.05, 0.1) is 0 Å². The number of likely N-dealkylation sites (tertiary alicyclic amines) is 1. The Morgan fingerprint density at radius 3 is 2.57 bits per heavy atom. The minimum atomic E-state index is -0.360. The van der Waals surface area contributed by atoms with Gasteiger partial charge in [-0.2, -0.15) is 0 Å². The quantitative estimate of drug-likeness (QED) is 0.856. The maximum Gasteiger partial charge on any atom is 0.316 e. The van der Waals surface area contributed by atoms with E-state index in [0.717, 1.165) is 32.4 Å². The monoisotopic (exact) mass is 380 g/mol. The molecule has 3 fully saturated rings. The molecule has 5 rings (SSSR count). The van der Waals surface area contributed by atoms with E-state index in [1.165, 1.54) is 18.4 Å². The molecule has 3 atom stereocenters. The molecule has 0 bridgehead atoms. The SMILES string of the molecule is C[C@H](Nc1nnc(C2C[C@@]2(C)c2ccccc2)o1)C(=O)N1CCC2(CC1)CC2. The van der Waals surface area contributed by atoms with E-state index in [1.54, 1.807) is 0 Å². The molecule has 1 spiro atoms. The van der Waals surface area contributed by atoms with Crippen molar-refractivity contribution < 1.29 is 9.21 Å². The van der Waals surface area contributed by atoms with Crippen molar-refractivity contribution in [3.05, 3.63) is 41.8 Å². The summed E-state index contributed by atoms with van der Waals surface area (Å²) in [4.78, 5) is 14.7. The van der Waals surface area contributed by atoms with E-state index in [1.807, 2.05) is 17.9 Å². The molecule has 6 heteroatoms. The lowest BCUT2D eigenvalue weighted by molar-refractivity contribution is -0.133. The van der Waals surface area contributed by atoms with Crippen molar-refractivity contribution in [3.8, 4) is 0 Å². The number of carbonyl (C=O) groups excluding carboxylic acids is 1. The van der Waals surface area contributed by atoms with Crippen LogP contribution in [0.1, 0.15) is 63.3 Å². The first-order valence-electron chi connectivity index (χ1n) is 10.4. The van der Waals surface area contributed by atoms with Crippen molar-refractivity contribution in [1.29, 1.82) is 0 Å². The molecule has 1 aromatic heterocycles. The van der Waals surface area contributed by atoms with Crippen LogP contribution in [0.4, 0.5) is 6.01 Å². The van der Waals surface area contributed by atoms with Gasteiger partial charge in [-0.3, -0.25) is 4.79 Å².